The van der Waals surface area contributed by atoms with Gasteiger partial charge < -0.3 is 0 Å². The van der Waals surface area contributed by atoms with Crippen LogP contribution in [-0.4, -0.2) is 25.1 Å². The fraction of sp³-hybridized carbons (Fsp3) is 0.0800. The standard InChI is InChI=1S/C25H21NO3S/c1-3-18-26(30(28,29)23-16-14-20(2)15-17-23)24(21-10-6-4-7-11-21)19-25(27)22-12-8-5-9-13-22/h1,4-17,19H,18H2,2H3/b24-19+. The normalized spacial score (nSPS) is 11.5. The molecule has 0 aliphatic carbocycles. The van der Waals surface area contributed by atoms with Crippen molar-refractivity contribution in [2.45, 2.75) is 11.8 Å². The Labute approximate surface area is 177 Å². The van der Waals surface area contributed by atoms with Crippen LogP contribution in [-0.2, 0) is 10.0 Å². The molecule has 0 saturated heterocycles. The smallest absolute Gasteiger partial charge is 0.265 e. The van der Waals surface area contributed by atoms with Gasteiger partial charge in [0.25, 0.3) is 10.0 Å². The highest BCUT2D eigenvalue weighted by molar-refractivity contribution is 7.89. The molecule has 150 valence electrons. The van der Waals surface area contributed by atoms with Crippen molar-refractivity contribution in [1.82, 2.24) is 4.31 Å². The molecule has 0 unspecified atom stereocenters. The van der Waals surface area contributed by atoms with E-state index in [4.69, 9.17) is 6.42 Å². The van der Waals surface area contributed by atoms with E-state index in [9.17, 15) is 13.2 Å². The summed E-state index contributed by atoms with van der Waals surface area (Å²) < 4.78 is 28.0. The fourth-order valence-corrected chi connectivity index (χ4v) is 4.33. The molecule has 0 saturated carbocycles. The molecule has 0 fully saturated rings. The first kappa shape index (κ1) is 21.1. The van der Waals surface area contributed by atoms with Crippen LogP contribution >= 0.6 is 0 Å². The molecule has 0 atom stereocenters. The maximum absolute atomic E-state index is 13.4. The van der Waals surface area contributed by atoms with Crippen LogP contribution in [0.2, 0.25) is 0 Å². The molecule has 5 heteroatoms. The van der Waals surface area contributed by atoms with E-state index in [0.29, 0.717) is 11.1 Å². The topological polar surface area (TPSA) is 54.5 Å². The van der Waals surface area contributed by atoms with E-state index in [2.05, 4.69) is 5.92 Å². The van der Waals surface area contributed by atoms with Gasteiger partial charge in [0, 0.05) is 11.6 Å². The lowest BCUT2D eigenvalue weighted by Gasteiger charge is -2.25. The average Bonchev–Trinajstić information content (AvgIpc) is 2.77. The number of terminal acetylenes is 1. The summed E-state index contributed by atoms with van der Waals surface area (Å²) in [4.78, 5) is 13.0. The van der Waals surface area contributed by atoms with Gasteiger partial charge in [0.15, 0.2) is 5.78 Å². The van der Waals surface area contributed by atoms with Crippen LogP contribution in [0.1, 0.15) is 21.5 Å². The van der Waals surface area contributed by atoms with Crippen molar-refractivity contribution in [2.75, 3.05) is 6.54 Å². The van der Waals surface area contributed by atoms with Gasteiger partial charge in [0.1, 0.15) is 0 Å². The van der Waals surface area contributed by atoms with Crippen LogP contribution in [0.15, 0.2) is 95.9 Å². The molecule has 4 nitrogen and oxygen atoms in total. The molecule has 0 spiro atoms. The Bertz CT molecular complexity index is 1190. The second kappa shape index (κ2) is 9.25. The Balaban J connectivity index is 2.16. The number of sulfonamides is 1. The third-order valence-electron chi connectivity index (χ3n) is 4.51. The van der Waals surface area contributed by atoms with Gasteiger partial charge in [-0.25, -0.2) is 8.42 Å². The number of hydrogen-bond donors (Lipinski definition) is 0. The molecule has 3 aromatic rings. The van der Waals surface area contributed by atoms with Crippen LogP contribution in [0.25, 0.3) is 5.70 Å². The number of benzene rings is 3. The third kappa shape index (κ3) is 4.68. The summed E-state index contributed by atoms with van der Waals surface area (Å²) in [5.41, 5.74) is 2.20. The number of ketones is 1. The van der Waals surface area contributed by atoms with Crippen molar-refractivity contribution in [1.29, 1.82) is 0 Å². The second-order valence-corrected chi connectivity index (χ2v) is 8.52. The number of allylic oxidation sites excluding steroid dienone is 1. The first-order valence-electron chi connectivity index (χ1n) is 9.33. The zero-order chi connectivity index (χ0) is 21.6. The van der Waals surface area contributed by atoms with E-state index in [1.165, 1.54) is 18.2 Å². The molecule has 0 heterocycles. The lowest BCUT2D eigenvalue weighted by Crippen LogP contribution is -2.30. The van der Waals surface area contributed by atoms with E-state index in [1.807, 2.05) is 19.1 Å². The zero-order valence-corrected chi connectivity index (χ0v) is 17.3. The van der Waals surface area contributed by atoms with Gasteiger partial charge in [0.2, 0.25) is 0 Å². The zero-order valence-electron chi connectivity index (χ0n) is 16.5. The van der Waals surface area contributed by atoms with Crippen LogP contribution in [0.4, 0.5) is 0 Å². The van der Waals surface area contributed by atoms with Gasteiger partial charge in [-0.05, 0) is 24.6 Å². The van der Waals surface area contributed by atoms with Crippen LogP contribution < -0.4 is 0 Å². The van der Waals surface area contributed by atoms with E-state index in [1.54, 1.807) is 60.7 Å². The highest BCUT2D eigenvalue weighted by Gasteiger charge is 2.27. The van der Waals surface area contributed by atoms with Crippen molar-refractivity contribution in [3.8, 4) is 12.3 Å². The predicted molar refractivity (Wildman–Crippen MR) is 119 cm³/mol. The Kier molecular flexibility index (Phi) is 6.51. The van der Waals surface area contributed by atoms with Gasteiger partial charge in [-0.15, -0.1) is 6.42 Å². The minimum atomic E-state index is -3.98. The number of nitrogens with zero attached hydrogens (tertiary/aromatic N) is 1. The molecule has 0 bridgehead atoms. The fourth-order valence-electron chi connectivity index (χ4n) is 2.94. The summed E-state index contributed by atoms with van der Waals surface area (Å²) in [5.74, 6) is 2.10. The number of carbonyl (C=O) groups is 1. The van der Waals surface area contributed by atoms with E-state index in [0.717, 1.165) is 9.87 Å². The first-order valence-corrected chi connectivity index (χ1v) is 10.8. The molecule has 3 rings (SSSR count). The Morgan fingerprint density at radius 1 is 0.900 bits per heavy atom. The summed E-state index contributed by atoms with van der Waals surface area (Å²) in [7, 11) is -3.98. The van der Waals surface area contributed by atoms with E-state index >= 15 is 0 Å². The van der Waals surface area contributed by atoms with Crippen LogP contribution in [0.3, 0.4) is 0 Å². The molecular formula is C25H21NO3S. The SMILES string of the molecule is C#CCN(/C(=C/C(=O)c1ccccc1)c1ccccc1)S(=O)(=O)c1ccc(C)cc1. The Morgan fingerprint density at radius 3 is 1.97 bits per heavy atom. The van der Waals surface area contributed by atoms with Gasteiger partial charge in [-0.1, -0.05) is 84.3 Å². The molecule has 0 aliphatic heterocycles. The van der Waals surface area contributed by atoms with Crippen molar-refractivity contribution < 1.29 is 13.2 Å². The minimum Gasteiger partial charge on any atom is -0.289 e. The predicted octanol–water partition coefficient (Wildman–Crippen LogP) is 4.54. The summed E-state index contributed by atoms with van der Waals surface area (Å²) in [6, 6.07) is 24.1. The van der Waals surface area contributed by atoms with Gasteiger partial charge in [-0.3, -0.25) is 9.10 Å². The Hall–Kier alpha value is -3.62. The van der Waals surface area contributed by atoms with Gasteiger partial charge in [-0.2, -0.15) is 0 Å². The molecule has 0 radical (unpaired) electrons. The average molecular weight is 416 g/mol. The lowest BCUT2D eigenvalue weighted by atomic mass is 10.1. The van der Waals surface area contributed by atoms with E-state index < -0.39 is 10.0 Å². The highest BCUT2D eigenvalue weighted by Crippen LogP contribution is 2.27. The summed E-state index contributed by atoms with van der Waals surface area (Å²) in [5, 5.41) is 0. The Morgan fingerprint density at radius 2 is 1.43 bits per heavy atom. The summed E-state index contributed by atoms with van der Waals surface area (Å²) >= 11 is 0. The highest BCUT2D eigenvalue weighted by atomic mass is 32.2. The number of rotatable bonds is 7. The monoisotopic (exact) mass is 415 g/mol. The second-order valence-electron chi connectivity index (χ2n) is 6.65. The lowest BCUT2D eigenvalue weighted by molar-refractivity contribution is 0.104. The van der Waals surface area contributed by atoms with Crippen molar-refractivity contribution >= 4 is 21.5 Å². The van der Waals surface area contributed by atoms with Gasteiger partial charge in [0.05, 0.1) is 17.1 Å². The quantitative estimate of drug-likeness (QED) is 0.323. The number of aryl methyl sites for hydroxylation is 1. The van der Waals surface area contributed by atoms with Crippen molar-refractivity contribution in [3.05, 3.63) is 108 Å². The maximum Gasteiger partial charge on any atom is 0.265 e. The molecule has 0 aromatic heterocycles. The summed E-state index contributed by atoms with van der Waals surface area (Å²) in [6.07, 6.45) is 6.84. The number of carbonyl (C=O) groups excluding carboxylic acids is 1. The largest absolute Gasteiger partial charge is 0.289 e. The molecule has 0 N–H and O–H groups in total. The molecule has 30 heavy (non-hydrogen) atoms. The third-order valence-corrected chi connectivity index (χ3v) is 6.28. The van der Waals surface area contributed by atoms with Crippen molar-refractivity contribution in [3.63, 3.8) is 0 Å². The number of hydrogen-bond acceptors (Lipinski definition) is 3. The molecule has 0 aliphatic rings. The first-order chi connectivity index (χ1) is 14.4. The van der Waals surface area contributed by atoms with Gasteiger partial charge >= 0.3 is 0 Å². The summed E-state index contributed by atoms with van der Waals surface area (Å²) in [6.45, 7) is 1.67. The van der Waals surface area contributed by atoms with E-state index in [-0.39, 0.29) is 22.9 Å². The molecule has 0 amide bonds. The minimum absolute atomic E-state index is 0.109. The van der Waals surface area contributed by atoms with Crippen LogP contribution in [0.5, 0.6) is 0 Å². The molecule has 3 aromatic carbocycles. The molecular weight excluding hydrogens is 394 g/mol. The maximum atomic E-state index is 13.4. The van der Waals surface area contributed by atoms with Crippen molar-refractivity contribution in [2.24, 2.45) is 0 Å². The van der Waals surface area contributed by atoms with Crippen LogP contribution in [0, 0.1) is 19.3 Å².